The number of aromatic nitrogens is 2. The van der Waals surface area contributed by atoms with Gasteiger partial charge in [-0.3, -0.25) is 23.6 Å². The maximum Gasteiger partial charge on any atom is 0.332 e. The van der Waals surface area contributed by atoms with Crippen molar-refractivity contribution in [2.45, 2.75) is 51.7 Å². The van der Waals surface area contributed by atoms with Crippen molar-refractivity contribution >= 4 is 11.6 Å². The highest BCUT2D eigenvalue weighted by Crippen LogP contribution is 2.22. The fraction of sp³-hybridized carbons (Fsp3) is 0.476. The average Bonchev–Trinajstić information content (AvgIpc) is 3.21. The van der Waals surface area contributed by atoms with Crippen LogP contribution in [-0.2, 0) is 13.1 Å². The topological polar surface area (TPSA) is 90.3 Å². The van der Waals surface area contributed by atoms with E-state index in [1.54, 1.807) is 6.92 Å². The van der Waals surface area contributed by atoms with Crippen molar-refractivity contribution in [3.05, 3.63) is 62.3 Å². The summed E-state index contributed by atoms with van der Waals surface area (Å²) < 4.78 is 2.41. The van der Waals surface area contributed by atoms with E-state index >= 15 is 0 Å². The van der Waals surface area contributed by atoms with Crippen molar-refractivity contribution in [1.82, 2.24) is 14.0 Å². The molecule has 0 bridgehead atoms. The summed E-state index contributed by atoms with van der Waals surface area (Å²) in [6.45, 7) is 2.23. The number of hydrogen-bond acceptors (Lipinski definition) is 5. The molecule has 0 aliphatic heterocycles. The predicted molar refractivity (Wildman–Crippen MR) is 110 cm³/mol. The summed E-state index contributed by atoms with van der Waals surface area (Å²) in [5, 5.41) is 0. The second-order valence-electron chi connectivity index (χ2n) is 7.44. The molecule has 1 aromatic heterocycles. The van der Waals surface area contributed by atoms with Gasteiger partial charge in [0, 0.05) is 12.6 Å². The standard InChI is InChI=1S/C21H28N4O3/c1-3-24-20(27)18(17(26)14-23(2)16-11-7-8-12-16)19(22)25(21(24)28)13-15-9-5-4-6-10-15/h4-6,9-10,16H,3,7-8,11-14,22H2,1-2H3. The summed E-state index contributed by atoms with van der Waals surface area (Å²) in [7, 11) is 1.91. The first kappa shape index (κ1) is 20.1. The first-order valence-electron chi connectivity index (χ1n) is 9.84. The van der Waals surface area contributed by atoms with Crippen LogP contribution in [0.5, 0.6) is 0 Å². The number of likely N-dealkylation sites (N-methyl/N-ethyl adjacent to an activating group) is 1. The molecule has 2 aromatic rings. The molecule has 3 rings (SSSR count). The van der Waals surface area contributed by atoms with Crippen LogP contribution in [0.4, 0.5) is 5.82 Å². The molecular weight excluding hydrogens is 356 g/mol. The van der Waals surface area contributed by atoms with Crippen LogP contribution in [0.25, 0.3) is 0 Å². The molecule has 1 heterocycles. The number of nitrogens with zero attached hydrogens (tertiary/aromatic N) is 3. The van der Waals surface area contributed by atoms with E-state index < -0.39 is 11.2 Å². The molecule has 28 heavy (non-hydrogen) atoms. The van der Waals surface area contributed by atoms with Gasteiger partial charge in [-0.2, -0.15) is 0 Å². The Morgan fingerprint density at radius 2 is 1.79 bits per heavy atom. The minimum atomic E-state index is -0.598. The number of ketones is 1. The SMILES string of the molecule is CCn1c(=O)c(C(=O)CN(C)C2CCCC2)c(N)n(Cc2ccccc2)c1=O. The lowest BCUT2D eigenvalue weighted by Gasteiger charge is -2.23. The Bertz CT molecular complexity index is 956. The molecule has 7 heteroatoms. The molecule has 1 aromatic carbocycles. The van der Waals surface area contributed by atoms with Crippen LogP contribution in [0, 0.1) is 0 Å². The lowest BCUT2D eigenvalue weighted by molar-refractivity contribution is 0.0919. The smallest absolute Gasteiger partial charge is 0.332 e. The van der Waals surface area contributed by atoms with Gasteiger partial charge in [-0.05, 0) is 32.4 Å². The second kappa shape index (κ2) is 8.56. The fourth-order valence-electron chi connectivity index (χ4n) is 3.95. The molecule has 1 aliphatic carbocycles. The van der Waals surface area contributed by atoms with E-state index in [9.17, 15) is 14.4 Å². The van der Waals surface area contributed by atoms with Gasteiger partial charge in [0.05, 0.1) is 13.1 Å². The Morgan fingerprint density at radius 1 is 1.14 bits per heavy atom. The Morgan fingerprint density at radius 3 is 2.39 bits per heavy atom. The Labute approximate surface area is 164 Å². The number of nitrogens with two attached hydrogens (primary N) is 1. The Kier molecular flexibility index (Phi) is 6.14. The molecule has 7 nitrogen and oxygen atoms in total. The number of benzene rings is 1. The third kappa shape index (κ3) is 3.94. The van der Waals surface area contributed by atoms with E-state index in [0.717, 1.165) is 35.8 Å². The maximum absolute atomic E-state index is 13.0. The van der Waals surface area contributed by atoms with Crippen LogP contribution in [0.1, 0.15) is 48.5 Å². The number of rotatable bonds is 7. The van der Waals surface area contributed by atoms with Crippen LogP contribution in [-0.4, -0.2) is 39.5 Å². The summed E-state index contributed by atoms with van der Waals surface area (Å²) >= 11 is 0. The van der Waals surface area contributed by atoms with Gasteiger partial charge in [0.2, 0.25) is 0 Å². The van der Waals surface area contributed by atoms with Gasteiger partial charge < -0.3 is 5.73 Å². The van der Waals surface area contributed by atoms with Crippen molar-refractivity contribution in [2.24, 2.45) is 0 Å². The summed E-state index contributed by atoms with van der Waals surface area (Å²) in [6, 6.07) is 9.74. The quantitative estimate of drug-likeness (QED) is 0.734. The first-order valence-corrected chi connectivity index (χ1v) is 9.84. The van der Waals surface area contributed by atoms with Gasteiger partial charge in [0.25, 0.3) is 5.56 Å². The number of carbonyl (C=O) groups excluding carboxylic acids is 1. The normalized spacial score (nSPS) is 14.7. The number of carbonyl (C=O) groups is 1. The van der Waals surface area contributed by atoms with Crippen molar-refractivity contribution in [3.8, 4) is 0 Å². The monoisotopic (exact) mass is 384 g/mol. The van der Waals surface area contributed by atoms with Gasteiger partial charge in [-0.15, -0.1) is 0 Å². The highest BCUT2D eigenvalue weighted by molar-refractivity contribution is 6.01. The van der Waals surface area contributed by atoms with E-state index in [4.69, 9.17) is 5.73 Å². The van der Waals surface area contributed by atoms with Crippen LogP contribution < -0.4 is 17.0 Å². The summed E-state index contributed by atoms with van der Waals surface area (Å²) in [4.78, 5) is 40.6. The van der Waals surface area contributed by atoms with Gasteiger partial charge in [0.1, 0.15) is 11.4 Å². The van der Waals surface area contributed by atoms with E-state index in [1.165, 1.54) is 4.57 Å². The van der Waals surface area contributed by atoms with Crippen molar-refractivity contribution in [2.75, 3.05) is 19.3 Å². The number of hydrogen-bond donors (Lipinski definition) is 1. The van der Waals surface area contributed by atoms with E-state index in [-0.39, 0.29) is 36.8 Å². The minimum absolute atomic E-state index is 0.0478. The molecule has 1 fully saturated rings. The third-order valence-electron chi connectivity index (χ3n) is 5.59. The second-order valence-corrected chi connectivity index (χ2v) is 7.44. The average molecular weight is 384 g/mol. The zero-order chi connectivity index (χ0) is 20.3. The Hall–Kier alpha value is -2.67. The van der Waals surface area contributed by atoms with Crippen LogP contribution in [0.15, 0.2) is 39.9 Å². The maximum atomic E-state index is 13.0. The summed E-state index contributed by atoms with van der Waals surface area (Å²) in [6.07, 6.45) is 4.45. The van der Waals surface area contributed by atoms with E-state index in [0.29, 0.717) is 6.04 Å². The lowest BCUT2D eigenvalue weighted by atomic mass is 10.1. The van der Waals surface area contributed by atoms with Crippen molar-refractivity contribution in [3.63, 3.8) is 0 Å². The molecule has 0 radical (unpaired) electrons. The number of anilines is 1. The molecule has 0 atom stereocenters. The van der Waals surface area contributed by atoms with Gasteiger partial charge in [0.15, 0.2) is 5.78 Å². The zero-order valence-electron chi connectivity index (χ0n) is 16.6. The van der Waals surface area contributed by atoms with Crippen molar-refractivity contribution < 1.29 is 4.79 Å². The minimum Gasteiger partial charge on any atom is -0.384 e. The van der Waals surface area contributed by atoms with Gasteiger partial charge in [-0.25, -0.2) is 4.79 Å². The van der Waals surface area contributed by atoms with Crippen LogP contribution in [0.3, 0.4) is 0 Å². The van der Waals surface area contributed by atoms with Crippen LogP contribution >= 0.6 is 0 Å². The van der Waals surface area contributed by atoms with Crippen molar-refractivity contribution in [1.29, 1.82) is 0 Å². The number of nitrogen functional groups attached to an aromatic ring is 1. The largest absolute Gasteiger partial charge is 0.384 e. The fourth-order valence-corrected chi connectivity index (χ4v) is 3.95. The number of Topliss-reactive ketones (excluding diaryl/α,β-unsaturated/α-hetero) is 1. The molecule has 2 N–H and O–H groups in total. The predicted octanol–water partition coefficient (Wildman–Crippen LogP) is 1.72. The summed E-state index contributed by atoms with van der Waals surface area (Å²) in [5.41, 5.74) is 5.90. The van der Waals surface area contributed by atoms with E-state index in [1.807, 2.05) is 42.3 Å². The molecule has 0 unspecified atom stereocenters. The first-order chi connectivity index (χ1) is 13.4. The third-order valence-corrected chi connectivity index (χ3v) is 5.59. The molecule has 150 valence electrons. The van der Waals surface area contributed by atoms with Gasteiger partial charge >= 0.3 is 5.69 Å². The van der Waals surface area contributed by atoms with E-state index in [2.05, 4.69) is 0 Å². The molecule has 1 saturated carbocycles. The van der Waals surface area contributed by atoms with Crippen LogP contribution in [0.2, 0.25) is 0 Å². The molecule has 0 spiro atoms. The molecule has 1 aliphatic rings. The molecular formula is C21H28N4O3. The highest BCUT2D eigenvalue weighted by atomic mass is 16.2. The van der Waals surface area contributed by atoms with Gasteiger partial charge in [-0.1, -0.05) is 43.2 Å². The zero-order valence-corrected chi connectivity index (χ0v) is 16.6. The molecule has 0 saturated heterocycles. The lowest BCUT2D eigenvalue weighted by Crippen LogP contribution is -2.45. The molecule has 0 amide bonds. The summed E-state index contributed by atoms with van der Waals surface area (Å²) in [5.74, 6) is -0.380. The highest BCUT2D eigenvalue weighted by Gasteiger charge is 2.26. The Balaban J connectivity index is 2.00.